The van der Waals surface area contributed by atoms with Crippen molar-refractivity contribution in [1.29, 1.82) is 0 Å². The van der Waals surface area contributed by atoms with Gasteiger partial charge in [0.2, 0.25) is 0 Å². The first-order chi connectivity index (χ1) is 6.34. The van der Waals surface area contributed by atoms with Crippen molar-refractivity contribution in [3.05, 3.63) is 8.96 Å². The molecule has 2 heterocycles. The van der Waals surface area contributed by atoms with E-state index in [-0.39, 0.29) is 0 Å². The topological polar surface area (TPSA) is 41.2 Å². The van der Waals surface area contributed by atoms with Crippen LogP contribution in [0.2, 0.25) is 0 Å². The number of nitrogens with one attached hydrogen (secondary N) is 1. The van der Waals surface area contributed by atoms with Crippen LogP contribution in [0.3, 0.4) is 0 Å². The Balaban J connectivity index is 1.93. The molecule has 0 aliphatic carbocycles. The summed E-state index contributed by atoms with van der Waals surface area (Å²) in [4.78, 5) is 2.32. The van der Waals surface area contributed by atoms with Gasteiger partial charge in [0.15, 0.2) is 3.95 Å². The van der Waals surface area contributed by atoms with E-state index < -0.39 is 0 Å². The van der Waals surface area contributed by atoms with Gasteiger partial charge in [0.1, 0.15) is 5.01 Å². The first-order valence-electron chi connectivity index (χ1n) is 4.19. The fourth-order valence-corrected chi connectivity index (χ4v) is 2.26. The minimum Gasteiger partial charge on any atom is -0.379 e. The second kappa shape index (κ2) is 4.28. The molecule has 0 saturated carbocycles. The number of aromatic nitrogens is 2. The van der Waals surface area contributed by atoms with Gasteiger partial charge in [0, 0.05) is 13.1 Å². The molecule has 0 unspecified atom stereocenters. The number of hydrogen-bond acceptors (Lipinski definition) is 5. The molecule has 1 fully saturated rings. The van der Waals surface area contributed by atoms with Crippen LogP contribution in [0.5, 0.6) is 0 Å². The summed E-state index contributed by atoms with van der Waals surface area (Å²) in [5, 5.41) is 7.96. The lowest BCUT2D eigenvalue weighted by Gasteiger charge is -2.25. The van der Waals surface area contributed by atoms with Crippen LogP contribution in [-0.4, -0.2) is 41.4 Å². The molecule has 0 radical (unpaired) electrons. The fourth-order valence-electron chi connectivity index (χ4n) is 1.28. The largest absolute Gasteiger partial charge is 0.379 e. The standard InChI is InChI=1S/C7H11N3OS2/c12-7-9-8-6(13-7)5-10-1-3-11-4-2-10/h1-5H2,(H,9,12). The third-order valence-corrected chi connectivity index (χ3v) is 3.02. The second-order valence-electron chi connectivity index (χ2n) is 2.90. The zero-order chi connectivity index (χ0) is 9.10. The van der Waals surface area contributed by atoms with Gasteiger partial charge in [0.05, 0.1) is 19.8 Å². The minimum absolute atomic E-state index is 0.753. The quantitative estimate of drug-likeness (QED) is 0.751. The van der Waals surface area contributed by atoms with Crippen molar-refractivity contribution >= 4 is 23.6 Å². The van der Waals surface area contributed by atoms with Crippen LogP contribution in [0.25, 0.3) is 0 Å². The molecule has 0 spiro atoms. The number of nitrogens with zero attached hydrogens (tertiary/aromatic N) is 2. The number of hydrogen-bond donors (Lipinski definition) is 1. The average Bonchev–Trinajstić information content (AvgIpc) is 2.53. The lowest BCUT2D eigenvalue weighted by molar-refractivity contribution is 0.0341. The van der Waals surface area contributed by atoms with E-state index in [4.69, 9.17) is 17.0 Å². The van der Waals surface area contributed by atoms with E-state index in [0.717, 1.165) is 41.8 Å². The monoisotopic (exact) mass is 217 g/mol. The summed E-state index contributed by atoms with van der Waals surface area (Å²) in [6, 6.07) is 0. The van der Waals surface area contributed by atoms with Gasteiger partial charge in [-0.15, -0.1) is 0 Å². The first-order valence-corrected chi connectivity index (χ1v) is 5.41. The number of rotatable bonds is 2. The van der Waals surface area contributed by atoms with Crippen LogP contribution >= 0.6 is 23.6 Å². The van der Waals surface area contributed by atoms with Crippen LogP contribution < -0.4 is 0 Å². The predicted octanol–water partition coefficient (Wildman–Crippen LogP) is 1.03. The Hall–Kier alpha value is -0.300. The molecule has 1 aromatic heterocycles. The van der Waals surface area contributed by atoms with Gasteiger partial charge in [0.25, 0.3) is 0 Å². The van der Waals surface area contributed by atoms with E-state index in [0.29, 0.717) is 0 Å². The molecular weight excluding hydrogens is 206 g/mol. The molecule has 13 heavy (non-hydrogen) atoms. The van der Waals surface area contributed by atoms with Crippen LogP contribution in [0.1, 0.15) is 5.01 Å². The molecule has 1 aliphatic heterocycles. The summed E-state index contributed by atoms with van der Waals surface area (Å²) >= 11 is 6.50. The summed E-state index contributed by atoms with van der Waals surface area (Å²) in [7, 11) is 0. The molecular formula is C7H11N3OS2. The van der Waals surface area contributed by atoms with Crippen molar-refractivity contribution in [2.75, 3.05) is 26.3 Å². The molecule has 1 saturated heterocycles. The van der Waals surface area contributed by atoms with E-state index in [1.54, 1.807) is 11.3 Å². The highest BCUT2D eigenvalue weighted by Crippen LogP contribution is 2.09. The van der Waals surface area contributed by atoms with Gasteiger partial charge in [-0.05, 0) is 12.2 Å². The smallest absolute Gasteiger partial charge is 0.176 e. The third-order valence-electron chi connectivity index (χ3n) is 1.94. The Morgan fingerprint density at radius 2 is 2.31 bits per heavy atom. The zero-order valence-corrected chi connectivity index (χ0v) is 8.79. The van der Waals surface area contributed by atoms with E-state index in [2.05, 4.69) is 15.1 Å². The van der Waals surface area contributed by atoms with Crippen LogP contribution in [0, 0.1) is 3.95 Å². The zero-order valence-electron chi connectivity index (χ0n) is 7.15. The number of morpholine rings is 1. The molecule has 1 N–H and O–H groups in total. The maximum atomic E-state index is 5.26. The summed E-state index contributed by atoms with van der Waals surface area (Å²) < 4.78 is 6.01. The first kappa shape index (κ1) is 9.26. The van der Waals surface area contributed by atoms with Gasteiger partial charge in [-0.3, -0.25) is 10.00 Å². The van der Waals surface area contributed by atoms with Crippen molar-refractivity contribution in [3.63, 3.8) is 0 Å². The van der Waals surface area contributed by atoms with Gasteiger partial charge in [-0.1, -0.05) is 11.3 Å². The van der Waals surface area contributed by atoms with Crippen molar-refractivity contribution in [3.8, 4) is 0 Å². The highest BCUT2D eigenvalue weighted by molar-refractivity contribution is 7.73. The highest BCUT2D eigenvalue weighted by Gasteiger charge is 2.11. The van der Waals surface area contributed by atoms with Crippen LogP contribution in [0.4, 0.5) is 0 Å². The maximum absolute atomic E-state index is 5.26. The van der Waals surface area contributed by atoms with E-state index >= 15 is 0 Å². The molecule has 4 nitrogen and oxygen atoms in total. The maximum Gasteiger partial charge on any atom is 0.176 e. The van der Waals surface area contributed by atoms with Crippen LogP contribution in [-0.2, 0) is 11.3 Å². The summed E-state index contributed by atoms with van der Waals surface area (Å²) in [6.07, 6.45) is 0. The molecule has 0 amide bonds. The normalized spacial score (nSPS) is 19.1. The van der Waals surface area contributed by atoms with E-state index in [1.807, 2.05) is 0 Å². The Morgan fingerprint density at radius 3 is 2.92 bits per heavy atom. The van der Waals surface area contributed by atoms with Gasteiger partial charge >= 0.3 is 0 Å². The average molecular weight is 217 g/mol. The van der Waals surface area contributed by atoms with Gasteiger partial charge < -0.3 is 4.74 Å². The number of ether oxygens (including phenoxy) is 1. The minimum atomic E-state index is 0.753. The van der Waals surface area contributed by atoms with Crippen molar-refractivity contribution in [2.24, 2.45) is 0 Å². The van der Waals surface area contributed by atoms with Gasteiger partial charge in [-0.25, -0.2) is 0 Å². The summed E-state index contributed by atoms with van der Waals surface area (Å²) in [5.74, 6) is 0. The van der Waals surface area contributed by atoms with Crippen molar-refractivity contribution < 1.29 is 4.74 Å². The predicted molar refractivity (Wildman–Crippen MR) is 53.4 cm³/mol. The SMILES string of the molecule is S=c1[nH]nc(CN2CCOCC2)s1. The van der Waals surface area contributed by atoms with Crippen LogP contribution in [0.15, 0.2) is 0 Å². The summed E-state index contributed by atoms with van der Waals surface area (Å²) in [6.45, 7) is 4.53. The Bertz CT molecular complexity index is 316. The molecule has 2 rings (SSSR count). The third kappa shape index (κ3) is 2.57. The molecule has 6 heteroatoms. The lowest BCUT2D eigenvalue weighted by atomic mass is 10.4. The van der Waals surface area contributed by atoms with Gasteiger partial charge in [-0.2, -0.15) is 5.10 Å². The number of H-pyrrole nitrogens is 1. The Labute approximate surface area is 85.5 Å². The molecule has 0 aromatic carbocycles. The number of aromatic amines is 1. The molecule has 0 bridgehead atoms. The molecule has 1 aromatic rings. The Kier molecular flexibility index (Phi) is 3.05. The van der Waals surface area contributed by atoms with E-state index in [9.17, 15) is 0 Å². The highest BCUT2D eigenvalue weighted by atomic mass is 32.1. The Morgan fingerprint density at radius 1 is 1.54 bits per heavy atom. The molecule has 1 aliphatic rings. The van der Waals surface area contributed by atoms with E-state index in [1.165, 1.54) is 0 Å². The molecule has 0 atom stereocenters. The lowest BCUT2D eigenvalue weighted by Crippen LogP contribution is -2.35. The second-order valence-corrected chi connectivity index (χ2v) is 4.65. The fraction of sp³-hybridized carbons (Fsp3) is 0.714. The summed E-state index contributed by atoms with van der Waals surface area (Å²) in [5.41, 5.74) is 0. The molecule has 72 valence electrons. The van der Waals surface area contributed by atoms with Crippen molar-refractivity contribution in [1.82, 2.24) is 15.1 Å². The van der Waals surface area contributed by atoms with Crippen molar-refractivity contribution in [2.45, 2.75) is 6.54 Å².